The van der Waals surface area contributed by atoms with Crippen molar-refractivity contribution in [1.82, 2.24) is 9.88 Å². The van der Waals surface area contributed by atoms with Gasteiger partial charge in [0.05, 0.1) is 19.3 Å². The van der Waals surface area contributed by atoms with E-state index in [2.05, 4.69) is 4.98 Å². The summed E-state index contributed by atoms with van der Waals surface area (Å²) in [7, 11) is 0. The van der Waals surface area contributed by atoms with Gasteiger partial charge < -0.3 is 9.64 Å². The van der Waals surface area contributed by atoms with Gasteiger partial charge in [0.1, 0.15) is 17.4 Å². The van der Waals surface area contributed by atoms with Crippen molar-refractivity contribution in [3.8, 4) is 10.4 Å². The first-order chi connectivity index (χ1) is 18.8. The molecule has 0 spiro atoms. The van der Waals surface area contributed by atoms with Crippen LogP contribution >= 0.6 is 11.3 Å². The summed E-state index contributed by atoms with van der Waals surface area (Å²) in [6.45, 7) is 7.52. The Labute approximate surface area is 231 Å². The normalized spacial score (nSPS) is 19.7. The van der Waals surface area contributed by atoms with E-state index >= 15 is 0 Å². The second-order valence-electron chi connectivity index (χ2n) is 10.3. The van der Waals surface area contributed by atoms with Gasteiger partial charge in [0.25, 0.3) is 11.8 Å². The molecule has 9 heteroatoms. The van der Waals surface area contributed by atoms with Gasteiger partial charge in [0.15, 0.2) is 0 Å². The molecule has 1 aromatic carbocycles. The standard InChI is InChI=1S/C30H31N3O5S/c1-18(2)17-23(34)25-27(22-5-4-12-31-26(22)29(36)32-13-15-38-16-14-32)33(30(37)28(25)35)21-9-7-20(8-10-21)24-11-6-19(3)39-24/h4-12,18,25,27H,13-17H2,1-3H3. The molecule has 2 aliphatic rings. The van der Waals surface area contributed by atoms with Crippen molar-refractivity contribution in [2.24, 2.45) is 11.8 Å². The van der Waals surface area contributed by atoms with Gasteiger partial charge in [-0.05, 0) is 48.7 Å². The Morgan fingerprint density at radius 1 is 1.05 bits per heavy atom. The number of hydrogen-bond donors (Lipinski definition) is 0. The summed E-state index contributed by atoms with van der Waals surface area (Å²) >= 11 is 1.67. The number of benzene rings is 1. The zero-order valence-corrected chi connectivity index (χ0v) is 23.1. The number of anilines is 1. The van der Waals surface area contributed by atoms with Crippen molar-refractivity contribution in [2.45, 2.75) is 33.2 Å². The third-order valence-electron chi connectivity index (χ3n) is 7.09. The SMILES string of the molecule is Cc1ccc(-c2ccc(N3C(=O)C(=O)C(C(=O)CC(C)C)C3c3cccnc3C(=O)N3CCOCC3)cc2)s1. The number of aromatic nitrogens is 1. The number of carbonyl (C=O) groups is 4. The number of thiophene rings is 1. The first kappa shape index (κ1) is 26.9. The molecule has 2 atom stereocenters. The van der Waals surface area contributed by atoms with E-state index in [4.69, 9.17) is 4.74 Å². The number of ketones is 2. The Morgan fingerprint density at radius 2 is 1.77 bits per heavy atom. The van der Waals surface area contributed by atoms with Crippen molar-refractivity contribution < 1.29 is 23.9 Å². The van der Waals surface area contributed by atoms with E-state index in [1.807, 2.05) is 45.0 Å². The first-order valence-electron chi connectivity index (χ1n) is 13.1. The molecule has 2 fully saturated rings. The summed E-state index contributed by atoms with van der Waals surface area (Å²) in [5, 5.41) is 0. The largest absolute Gasteiger partial charge is 0.378 e. The minimum absolute atomic E-state index is 0.00647. The summed E-state index contributed by atoms with van der Waals surface area (Å²) in [6.07, 6.45) is 1.67. The summed E-state index contributed by atoms with van der Waals surface area (Å²) in [5.41, 5.74) is 2.02. The maximum absolute atomic E-state index is 13.6. The molecule has 2 amide bonds. The molecule has 0 saturated carbocycles. The predicted octanol–water partition coefficient (Wildman–Crippen LogP) is 4.48. The average Bonchev–Trinajstić information content (AvgIpc) is 3.49. The third kappa shape index (κ3) is 5.29. The summed E-state index contributed by atoms with van der Waals surface area (Å²) < 4.78 is 5.39. The molecule has 39 heavy (non-hydrogen) atoms. The van der Waals surface area contributed by atoms with E-state index in [0.29, 0.717) is 37.6 Å². The molecule has 2 aromatic heterocycles. The van der Waals surface area contributed by atoms with Crippen molar-refractivity contribution >= 4 is 40.4 Å². The van der Waals surface area contributed by atoms with Crippen LogP contribution in [-0.2, 0) is 19.1 Å². The van der Waals surface area contributed by atoms with Crippen LogP contribution in [0.1, 0.15) is 47.2 Å². The molecule has 0 aliphatic carbocycles. The van der Waals surface area contributed by atoms with Crippen molar-refractivity contribution in [1.29, 1.82) is 0 Å². The molecular formula is C30H31N3O5S. The first-order valence-corrected chi connectivity index (χ1v) is 14.0. The van der Waals surface area contributed by atoms with Crippen LogP contribution in [-0.4, -0.2) is 59.6 Å². The summed E-state index contributed by atoms with van der Waals surface area (Å²) in [4.78, 5) is 63.7. The second-order valence-corrected chi connectivity index (χ2v) is 11.6. The summed E-state index contributed by atoms with van der Waals surface area (Å²) in [5.74, 6) is -3.34. The molecule has 2 saturated heterocycles. The van der Waals surface area contributed by atoms with Gasteiger partial charge in [-0.3, -0.25) is 29.1 Å². The fourth-order valence-corrected chi connectivity index (χ4v) is 6.12. The highest BCUT2D eigenvalue weighted by atomic mass is 32.1. The third-order valence-corrected chi connectivity index (χ3v) is 8.14. The van der Waals surface area contributed by atoms with Crippen LogP contribution in [0.15, 0.2) is 54.7 Å². The van der Waals surface area contributed by atoms with Crippen LogP contribution in [0, 0.1) is 18.8 Å². The van der Waals surface area contributed by atoms with Crippen LogP contribution in [0.5, 0.6) is 0 Å². The number of ether oxygens (including phenoxy) is 1. The van der Waals surface area contributed by atoms with Crippen molar-refractivity contribution in [3.05, 3.63) is 70.9 Å². The quantitative estimate of drug-likeness (QED) is 0.321. The van der Waals surface area contributed by atoms with Crippen LogP contribution in [0.25, 0.3) is 10.4 Å². The lowest BCUT2D eigenvalue weighted by molar-refractivity contribution is -0.139. The number of hydrogen-bond acceptors (Lipinski definition) is 7. The molecule has 5 rings (SSSR count). The van der Waals surface area contributed by atoms with Gasteiger partial charge in [-0.25, -0.2) is 0 Å². The van der Waals surface area contributed by atoms with E-state index in [0.717, 1.165) is 10.4 Å². The monoisotopic (exact) mass is 545 g/mol. The fourth-order valence-electron chi connectivity index (χ4n) is 5.25. The van der Waals surface area contributed by atoms with Gasteiger partial charge >= 0.3 is 0 Å². The van der Waals surface area contributed by atoms with E-state index in [-0.39, 0.29) is 29.7 Å². The zero-order chi connectivity index (χ0) is 27.7. The molecule has 8 nitrogen and oxygen atoms in total. The van der Waals surface area contributed by atoms with Gasteiger partial charge in [-0.1, -0.05) is 32.0 Å². The molecule has 0 radical (unpaired) electrons. The Kier molecular flexibility index (Phi) is 7.72. The highest BCUT2D eigenvalue weighted by molar-refractivity contribution is 7.15. The lowest BCUT2D eigenvalue weighted by atomic mass is 9.85. The van der Waals surface area contributed by atoms with E-state index in [1.54, 1.807) is 40.5 Å². The highest BCUT2D eigenvalue weighted by Gasteiger charge is 2.53. The number of nitrogens with zero attached hydrogens (tertiary/aromatic N) is 3. The molecule has 202 valence electrons. The Morgan fingerprint density at radius 3 is 2.41 bits per heavy atom. The van der Waals surface area contributed by atoms with Crippen LogP contribution in [0.3, 0.4) is 0 Å². The highest BCUT2D eigenvalue weighted by Crippen LogP contribution is 2.42. The Hall–Kier alpha value is -3.69. The van der Waals surface area contributed by atoms with Gasteiger partial charge in [-0.2, -0.15) is 0 Å². The minimum Gasteiger partial charge on any atom is -0.378 e. The number of carbonyl (C=O) groups excluding carboxylic acids is 4. The number of amides is 2. The number of pyridine rings is 1. The van der Waals surface area contributed by atoms with Crippen LogP contribution in [0.2, 0.25) is 0 Å². The lowest BCUT2D eigenvalue weighted by Gasteiger charge is -2.31. The molecule has 2 unspecified atom stereocenters. The molecule has 2 aliphatic heterocycles. The fraction of sp³-hybridized carbons (Fsp3) is 0.367. The molecule has 3 aromatic rings. The van der Waals surface area contributed by atoms with E-state index < -0.39 is 23.7 Å². The number of rotatable bonds is 7. The Bertz CT molecular complexity index is 1410. The molecule has 0 N–H and O–H groups in total. The van der Waals surface area contributed by atoms with Crippen LogP contribution in [0.4, 0.5) is 5.69 Å². The minimum atomic E-state index is -1.22. The van der Waals surface area contributed by atoms with E-state index in [9.17, 15) is 19.2 Å². The Balaban J connectivity index is 1.59. The van der Waals surface area contributed by atoms with Crippen LogP contribution < -0.4 is 4.90 Å². The topological polar surface area (TPSA) is 96.9 Å². The number of aryl methyl sites for hydroxylation is 1. The maximum atomic E-state index is 13.6. The lowest BCUT2D eigenvalue weighted by Crippen LogP contribution is -2.42. The maximum Gasteiger partial charge on any atom is 0.295 e. The second kappa shape index (κ2) is 11.2. The zero-order valence-electron chi connectivity index (χ0n) is 22.3. The molecule has 4 heterocycles. The predicted molar refractivity (Wildman–Crippen MR) is 149 cm³/mol. The number of morpholine rings is 1. The average molecular weight is 546 g/mol. The van der Waals surface area contributed by atoms with Crippen molar-refractivity contribution in [2.75, 3.05) is 31.2 Å². The molecule has 0 bridgehead atoms. The van der Waals surface area contributed by atoms with E-state index in [1.165, 1.54) is 16.0 Å². The summed E-state index contributed by atoms with van der Waals surface area (Å²) in [6, 6.07) is 13.9. The number of Topliss-reactive ketones (excluding diaryl/α,β-unsaturated/α-hetero) is 2. The van der Waals surface area contributed by atoms with Gasteiger partial charge in [0.2, 0.25) is 5.78 Å². The van der Waals surface area contributed by atoms with Gasteiger partial charge in [-0.15, -0.1) is 11.3 Å². The molecular weight excluding hydrogens is 514 g/mol. The smallest absolute Gasteiger partial charge is 0.295 e. The van der Waals surface area contributed by atoms with Crippen molar-refractivity contribution in [3.63, 3.8) is 0 Å². The van der Waals surface area contributed by atoms with Gasteiger partial charge in [0, 0.05) is 46.7 Å².